The lowest BCUT2D eigenvalue weighted by atomic mass is 9.73. The Morgan fingerprint density at radius 3 is 2.67 bits per heavy atom. The molecule has 0 radical (unpaired) electrons. The van der Waals surface area contributed by atoms with E-state index in [1.807, 2.05) is 30.3 Å². The summed E-state index contributed by atoms with van der Waals surface area (Å²) in [5.74, 6) is -0.366. The third-order valence-corrected chi connectivity index (χ3v) is 8.43. The van der Waals surface area contributed by atoms with E-state index in [-0.39, 0.29) is 16.9 Å². The Morgan fingerprint density at radius 1 is 1.23 bits per heavy atom. The van der Waals surface area contributed by atoms with Crippen LogP contribution in [0.2, 0.25) is 0 Å². The zero-order valence-corrected chi connectivity index (χ0v) is 23.7. The Balaban J connectivity index is 1.53. The van der Waals surface area contributed by atoms with Crippen LogP contribution >= 0.6 is 0 Å². The molecule has 2 aliphatic heterocycles. The van der Waals surface area contributed by atoms with E-state index in [1.165, 1.54) is 6.20 Å². The molecule has 1 aliphatic carbocycles. The van der Waals surface area contributed by atoms with Crippen molar-refractivity contribution >= 4 is 17.2 Å². The van der Waals surface area contributed by atoms with Crippen LogP contribution in [0.5, 0.6) is 0 Å². The number of benzene rings is 1. The Bertz CT molecular complexity index is 1390. The number of carbonyl (C=O) groups is 1. The minimum atomic E-state index is -1.19. The normalized spacial score (nSPS) is 28.6. The van der Waals surface area contributed by atoms with Crippen LogP contribution in [-0.4, -0.2) is 59.6 Å². The van der Waals surface area contributed by atoms with Crippen LogP contribution in [0.25, 0.3) is 5.57 Å². The summed E-state index contributed by atoms with van der Waals surface area (Å²) in [5, 5.41) is 24.4. The molecular weight excluding hydrogens is 508 g/mol. The summed E-state index contributed by atoms with van der Waals surface area (Å²) in [4.78, 5) is 19.8. The molecule has 1 aromatic heterocycles. The predicted octanol–water partition coefficient (Wildman–Crippen LogP) is 4.86. The Labute approximate surface area is 235 Å². The molecule has 1 amide bonds. The lowest BCUT2D eigenvalue weighted by molar-refractivity contribution is -0.217. The molecule has 3 N–H and O–H groups in total. The first kappa shape index (κ1) is 28.2. The number of hydrogen-bond donors (Lipinski definition) is 3. The predicted molar refractivity (Wildman–Crippen MR) is 150 cm³/mol. The number of fused-ring (bicyclic) bond motifs is 2. The fourth-order valence-electron chi connectivity index (χ4n) is 6.30. The first-order valence-electron chi connectivity index (χ1n) is 13.8. The summed E-state index contributed by atoms with van der Waals surface area (Å²) in [7, 11) is 3.30. The maximum absolute atomic E-state index is 13.0. The van der Waals surface area contributed by atoms with Gasteiger partial charge in [-0.05, 0) is 47.9 Å². The molecule has 1 fully saturated rings. The van der Waals surface area contributed by atoms with E-state index in [0.717, 1.165) is 36.0 Å². The average molecular weight is 547 g/mol. The molecule has 1 saturated heterocycles. The second-order valence-corrected chi connectivity index (χ2v) is 12.2. The first-order chi connectivity index (χ1) is 19.0. The van der Waals surface area contributed by atoms with Gasteiger partial charge in [0.2, 0.25) is 0 Å². The van der Waals surface area contributed by atoms with Crippen molar-refractivity contribution in [3.63, 3.8) is 0 Å². The fourth-order valence-corrected chi connectivity index (χ4v) is 6.30. The van der Waals surface area contributed by atoms with Crippen molar-refractivity contribution in [2.24, 2.45) is 5.41 Å². The molecule has 2 aromatic rings. The van der Waals surface area contributed by atoms with Crippen molar-refractivity contribution in [3.05, 3.63) is 65.3 Å². The zero-order chi connectivity index (χ0) is 28.6. The molecule has 3 atom stereocenters. The van der Waals surface area contributed by atoms with E-state index in [0.29, 0.717) is 38.2 Å². The lowest BCUT2D eigenvalue weighted by Gasteiger charge is -2.48. The van der Waals surface area contributed by atoms with Crippen molar-refractivity contribution in [3.8, 4) is 6.07 Å². The van der Waals surface area contributed by atoms with E-state index in [2.05, 4.69) is 41.3 Å². The number of carbonyl (C=O) groups excluding carboxylic acids is 1. The smallest absolute Gasteiger partial charge is 0.291 e. The summed E-state index contributed by atoms with van der Waals surface area (Å²) in [6.45, 7) is 5.34. The van der Waals surface area contributed by atoms with Gasteiger partial charge >= 0.3 is 0 Å². The first-order valence-corrected chi connectivity index (χ1v) is 13.8. The number of aromatic nitrogens is 2. The summed E-state index contributed by atoms with van der Waals surface area (Å²) in [6, 6.07) is 7.70. The molecule has 1 aromatic carbocycles. The van der Waals surface area contributed by atoms with Crippen LogP contribution in [-0.2, 0) is 19.8 Å². The van der Waals surface area contributed by atoms with E-state index in [1.54, 1.807) is 14.2 Å². The summed E-state index contributed by atoms with van der Waals surface area (Å²) in [6.07, 6.45) is 11.8. The number of allylic oxidation sites excluding steroid dienone is 2. The van der Waals surface area contributed by atoms with Gasteiger partial charge in [-0.3, -0.25) is 4.79 Å². The quantitative estimate of drug-likeness (QED) is 0.383. The molecule has 3 heterocycles. The minimum absolute atomic E-state index is 0.0673. The van der Waals surface area contributed by atoms with Crippen LogP contribution < -0.4 is 5.32 Å². The number of amides is 1. The number of nitriles is 1. The van der Waals surface area contributed by atoms with Crippen LogP contribution in [0, 0.1) is 16.7 Å². The van der Waals surface area contributed by atoms with Gasteiger partial charge in [0.15, 0.2) is 5.82 Å². The number of aliphatic hydroxyl groups is 1. The van der Waals surface area contributed by atoms with Gasteiger partial charge in [0, 0.05) is 51.3 Å². The highest BCUT2D eigenvalue weighted by Gasteiger charge is 2.57. The highest BCUT2D eigenvalue weighted by Crippen LogP contribution is 2.53. The molecule has 0 saturated carbocycles. The second kappa shape index (κ2) is 10.6. The molecule has 9 nitrogen and oxygen atoms in total. The van der Waals surface area contributed by atoms with Crippen LogP contribution in [0.3, 0.4) is 0 Å². The van der Waals surface area contributed by atoms with Crippen molar-refractivity contribution in [1.82, 2.24) is 9.97 Å². The average Bonchev–Trinajstić information content (AvgIpc) is 3.51. The van der Waals surface area contributed by atoms with Crippen LogP contribution in [0.1, 0.15) is 79.8 Å². The van der Waals surface area contributed by atoms with E-state index in [9.17, 15) is 9.90 Å². The highest BCUT2D eigenvalue weighted by atomic mass is 16.6. The highest BCUT2D eigenvalue weighted by molar-refractivity contribution is 6.03. The molecule has 2 bridgehead atoms. The number of ether oxygens (including phenoxy) is 3. The van der Waals surface area contributed by atoms with Crippen molar-refractivity contribution in [2.45, 2.75) is 69.2 Å². The maximum atomic E-state index is 13.0. The molecule has 212 valence electrons. The van der Waals surface area contributed by atoms with E-state index >= 15 is 0 Å². The molecule has 3 aliphatic rings. The van der Waals surface area contributed by atoms with Gasteiger partial charge in [-0.1, -0.05) is 38.1 Å². The number of nitrogens with one attached hydrogen (secondary N) is 2. The van der Waals surface area contributed by atoms with E-state index in [4.69, 9.17) is 19.5 Å². The largest absolute Gasteiger partial charge is 0.385 e. The van der Waals surface area contributed by atoms with Crippen molar-refractivity contribution in [1.29, 1.82) is 5.26 Å². The van der Waals surface area contributed by atoms with Crippen LogP contribution in [0.4, 0.5) is 5.69 Å². The Morgan fingerprint density at radius 2 is 2.00 bits per heavy atom. The number of nitrogens with zero attached hydrogens (tertiary/aromatic N) is 2. The number of imidazole rings is 1. The topological polar surface area (TPSA) is 129 Å². The molecule has 1 unspecified atom stereocenters. The standard InChI is InChI=1S/C31H38N4O5/c1-28(2)9-7-21(8-10-28)24-15-22(5-6-25(24)35-27(36)26-33-17-23(16-32)34-26)31(37)18-29(13-14-38-3)11-12-30(19-31,40-29)20-39-4/h5-7,11-12,15,17,37H,8-10,13-14,18-20H2,1-4H3,(H,33,34)(H,35,36)/t29-,30+,31?/m1/s1. The van der Waals surface area contributed by atoms with E-state index < -0.39 is 22.7 Å². The minimum Gasteiger partial charge on any atom is -0.385 e. The van der Waals surface area contributed by atoms with Gasteiger partial charge in [0.1, 0.15) is 17.4 Å². The maximum Gasteiger partial charge on any atom is 0.291 e. The van der Waals surface area contributed by atoms with Gasteiger partial charge in [-0.2, -0.15) is 5.26 Å². The monoisotopic (exact) mass is 546 g/mol. The van der Waals surface area contributed by atoms with Crippen LogP contribution in [0.15, 0.2) is 42.6 Å². The summed E-state index contributed by atoms with van der Waals surface area (Å²) < 4.78 is 17.5. The van der Waals surface area contributed by atoms with Gasteiger partial charge < -0.3 is 29.6 Å². The summed E-state index contributed by atoms with van der Waals surface area (Å²) >= 11 is 0. The summed E-state index contributed by atoms with van der Waals surface area (Å²) in [5.41, 5.74) is 1.23. The van der Waals surface area contributed by atoms with Gasteiger partial charge in [0.05, 0.1) is 24.0 Å². The molecule has 0 spiro atoms. The number of methoxy groups -OCH3 is 2. The van der Waals surface area contributed by atoms with Gasteiger partial charge in [0.25, 0.3) is 5.91 Å². The number of rotatable bonds is 9. The Hall–Kier alpha value is -3.29. The molecule has 5 rings (SSSR count). The second-order valence-electron chi connectivity index (χ2n) is 12.2. The third-order valence-electron chi connectivity index (χ3n) is 8.43. The van der Waals surface area contributed by atoms with Gasteiger partial charge in [-0.15, -0.1) is 0 Å². The van der Waals surface area contributed by atoms with Gasteiger partial charge in [-0.25, -0.2) is 4.98 Å². The molecular formula is C31H38N4O5. The number of aromatic amines is 1. The molecule has 40 heavy (non-hydrogen) atoms. The Kier molecular flexibility index (Phi) is 7.48. The SMILES string of the molecule is COCC[C@]12C=C[C@@](COC)(CC(O)(c3ccc(NC(=O)c4ncc(C#N)[nH]4)c(C4=CCC(C)(C)CC4)c3)C1)O2. The zero-order valence-electron chi connectivity index (χ0n) is 23.7. The van der Waals surface area contributed by atoms with Crippen molar-refractivity contribution < 1.29 is 24.1 Å². The fraction of sp³-hybridized carbons (Fsp3) is 0.516. The van der Waals surface area contributed by atoms with Crippen molar-refractivity contribution in [2.75, 3.05) is 32.8 Å². The number of hydrogen-bond acceptors (Lipinski definition) is 7. The third kappa shape index (κ3) is 5.50. The number of H-pyrrole nitrogens is 1. The lowest BCUT2D eigenvalue weighted by Crippen LogP contribution is -2.54. The molecule has 9 heteroatoms. The number of anilines is 1.